The van der Waals surface area contributed by atoms with Gasteiger partial charge in [0.25, 0.3) is 0 Å². The SMILES string of the molecule is [C-]#[N+]c1ccc(N=NCc2ccc(Cl)cc2)cc1. The van der Waals surface area contributed by atoms with Crippen LogP contribution in [0.2, 0.25) is 5.02 Å². The van der Waals surface area contributed by atoms with Crippen molar-refractivity contribution in [3.05, 3.63) is 70.5 Å². The van der Waals surface area contributed by atoms with E-state index < -0.39 is 0 Å². The second-order valence-corrected chi connectivity index (χ2v) is 4.09. The van der Waals surface area contributed by atoms with Crippen molar-refractivity contribution in [2.75, 3.05) is 0 Å². The van der Waals surface area contributed by atoms with E-state index >= 15 is 0 Å². The van der Waals surface area contributed by atoms with Crippen LogP contribution in [0.1, 0.15) is 5.56 Å². The van der Waals surface area contributed by atoms with E-state index in [-0.39, 0.29) is 0 Å². The Morgan fingerprint density at radius 3 is 2.28 bits per heavy atom. The quantitative estimate of drug-likeness (QED) is 0.535. The maximum Gasteiger partial charge on any atom is 0.187 e. The lowest BCUT2D eigenvalue weighted by molar-refractivity contribution is 0.959. The minimum Gasteiger partial charge on any atom is -0.238 e. The molecule has 0 bridgehead atoms. The molecule has 2 aromatic rings. The van der Waals surface area contributed by atoms with Crippen LogP contribution in [0.15, 0.2) is 58.8 Å². The molecule has 2 aromatic carbocycles. The maximum absolute atomic E-state index is 6.84. The molecule has 3 nitrogen and oxygen atoms in total. The monoisotopic (exact) mass is 255 g/mol. The average molecular weight is 256 g/mol. The molecular weight excluding hydrogens is 246 g/mol. The van der Waals surface area contributed by atoms with Crippen LogP contribution >= 0.6 is 11.6 Å². The first-order chi connectivity index (χ1) is 8.78. The molecule has 18 heavy (non-hydrogen) atoms. The van der Waals surface area contributed by atoms with Gasteiger partial charge in [-0.1, -0.05) is 35.9 Å². The van der Waals surface area contributed by atoms with Gasteiger partial charge in [0.1, 0.15) is 0 Å². The first-order valence-corrected chi connectivity index (χ1v) is 5.75. The predicted molar refractivity (Wildman–Crippen MR) is 72.4 cm³/mol. The van der Waals surface area contributed by atoms with E-state index in [0.717, 1.165) is 11.3 Å². The van der Waals surface area contributed by atoms with Gasteiger partial charge in [0.15, 0.2) is 5.69 Å². The van der Waals surface area contributed by atoms with Gasteiger partial charge in [-0.2, -0.15) is 10.2 Å². The summed E-state index contributed by atoms with van der Waals surface area (Å²) >= 11 is 5.79. The number of hydrogen-bond acceptors (Lipinski definition) is 2. The van der Waals surface area contributed by atoms with Gasteiger partial charge >= 0.3 is 0 Å². The third kappa shape index (κ3) is 3.41. The third-order valence-electron chi connectivity index (χ3n) is 2.33. The van der Waals surface area contributed by atoms with Crippen LogP contribution < -0.4 is 0 Å². The number of hydrogen-bond donors (Lipinski definition) is 0. The highest BCUT2D eigenvalue weighted by Gasteiger charge is 1.93. The van der Waals surface area contributed by atoms with Crippen molar-refractivity contribution in [2.24, 2.45) is 10.2 Å². The fraction of sp³-hybridized carbons (Fsp3) is 0.0714. The van der Waals surface area contributed by atoms with Gasteiger partial charge in [-0.25, -0.2) is 4.85 Å². The number of rotatable bonds is 3. The summed E-state index contributed by atoms with van der Waals surface area (Å²) < 4.78 is 0. The van der Waals surface area contributed by atoms with Crippen molar-refractivity contribution < 1.29 is 0 Å². The zero-order valence-corrected chi connectivity index (χ0v) is 10.3. The highest BCUT2D eigenvalue weighted by molar-refractivity contribution is 6.30. The molecule has 0 heterocycles. The molecule has 0 radical (unpaired) electrons. The minimum atomic E-state index is 0.516. The summed E-state index contributed by atoms with van der Waals surface area (Å²) in [5, 5.41) is 8.90. The summed E-state index contributed by atoms with van der Waals surface area (Å²) in [6.45, 7) is 7.36. The second kappa shape index (κ2) is 5.95. The topological polar surface area (TPSA) is 29.1 Å². The van der Waals surface area contributed by atoms with Crippen LogP contribution in [0.25, 0.3) is 4.85 Å². The van der Waals surface area contributed by atoms with E-state index in [4.69, 9.17) is 18.2 Å². The number of nitrogens with zero attached hydrogens (tertiary/aromatic N) is 3. The van der Waals surface area contributed by atoms with E-state index in [1.165, 1.54) is 0 Å². The second-order valence-electron chi connectivity index (χ2n) is 3.65. The van der Waals surface area contributed by atoms with Crippen molar-refractivity contribution in [3.63, 3.8) is 0 Å². The van der Waals surface area contributed by atoms with Crippen molar-refractivity contribution >= 4 is 23.0 Å². The molecule has 0 amide bonds. The van der Waals surface area contributed by atoms with E-state index in [0.29, 0.717) is 17.3 Å². The first-order valence-electron chi connectivity index (χ1n) is 5.37. The van der Waals surface area contributed by atoms with E-state index in [9.17, 15) is 0 Å². The van der Waals surface area contributed by atoms with E-state index in [1.807, 2.05) is 24.3 Å². The number of benzene rings is 2. The van der Waals surface area contributed by atoms with Crippen LogP contribution in [0.4, 0.5) is 11.4 Å². The Hall–Kier alpha value is -2.18. The van der Waals surface area contributed by atoms with Gasteiger partial charge in [0.05, 0.1) is 18.8 Å². The van der Waals surface area contributed by atoms with Gasteiger partial charge in [0, 0.05) is 5.02 Å². The van der Waals surface area contributed by atoms with E-state index in [2.05, 4.69) is 15.1 Å². The smallest absolute Gasteiger partial charge is 0.187 e. The van der Waals surface area contributed by atoms with Gasteiger partial charge in [-0.3, -0.25) is 0 Å². The fourth-order valence-electron chi connectivity index (χ4n) is 1.38. The molecule has 0 unspecified atom stereocenters. The van der Waals surface area contributed by atoms with Crippen LogP contribution in [0, 0.1) is 6.57 Å². The zero-order chi connectivity index (χ0) is 12.8. The van der Waals surface area contributed by atoms with Crippen LogP contribution in [-0.2, 0) is 6.54 Å². The van der Waals surface area contributed by atoms with Gasteiger partial charge < -0.3 is 0 Å². The van der Waals surface area contributed by atoms with Gasteiger partial charge in [-0.05, 0) is 29.8 Å². The molecule has 2 rings (SSSR count). The molecule has 0 saturated heterocycles. The molecule has 0 fully saturated rings. The molecule has 0 atom stereocenters. The van der Waals surface area contributed by atoms with Crippen LogP contribution in [0.3, 0.4) is 0 Å². The summed E-state index contributed by atoms with van der Waals surface area (Å²) in [5.41, 5.74) is 2.41. The lowest BCUT2D eigenvalue weighted by atomic mass is 10.2. The van der Waals surface area contributed by atoms with Crippen LogP contribution in [0.5, 0.6) is 0 Å². The molecule has 4 heteroatoms. The highest BCUT2D eigenvalue weighted by Crippen LogP contribution is 2.19. The normalized spacial score (nSPS) is 10.4. The van der Waals surface area contributed by atoms with Gasteiger partial charge in [0.2, 0.25) is 0 Å². The Labute approximate surface area is 111 Å². The summed E-state index contributed by atoms with van der Waals surface area (Å²) in [4.78, 5) is 3.31. The number of halogens is 1. The molecule has 88 valence electrons. The Balaban J connectivity index is 1.98. The summed E-state index contributed by atoms with van der Waals surface area (Å²) in [6.07, 6.45) is 0. The van der Waals surface area contributed by atoms with Crippen molar-refractivity contribution in [1.82, 2.24) is 0 Å². The summed E-state index contributed by atoms with van der Waals surface area (Å²) in [6, 6.07) is 14.5. The van der Waals surface area contributed by atoms with Crippen LogP contribution in [-0.4, -0.2) is 0 Å². The minimum absolute atomic E-state index is 0.516. The Kier molecular flexibility index (Phi) is 4.06. The Morgan fingerprint density at radius 1 is 1.00 bits per heavy atom. The largest absolute Gasteiger partial charge is 0.238 e. The van der Waals surface area contributed by atoms with Crippen molar-refractivity contribution in [2.45, 2.75) is 6.54 Å². The van der Waals surface area contributed by atoms with Crippen molar-refractivity contribution in [1.29, 1.82) is 0 Å². The molecular formula is C14H10ClN3. The number of azo groups is 1. The maximum atomic E-state index is 6.84. The molecule has 0 N–H and O–H groups in total. The molecule has 0 spiro atoms. The predicted octanol–water partition coefficient (Wildman–Crippen LogP) is 5.17. The lowest BCUT2D eigenvalue weighted by Crippen LogP contribution is -1.78. The summed E-state index contributed by atoms with van der Waals surface area (Å²) in [5.74, 6) is 0. The summed E-state index contributed by atoms with van der Waals surface area (Å²) in [7, 11) is 0. The molecule has 0 saturated carbocycles. The van der Waals surface area contributed by atoms with Gasteiger partial charge in [-0.15, -0.1) is 0 Å². The molecule has 0 aliphatic carbocycles. The average Bonchev–Trinajstić information content (AvgIpc) is 2.42. The Morgan fingerprint density at radius 2 is 1.67 bits per heavy atom. The molecule has 0 aliphatic heterocycles. The molecule has 0 aromatic heterocycles. The molecule has 0 aliphatic rings. The zero-order valence-electron chi connectivity index (χ0n) is 9.55. The van der Waals surface area contributed by atoms with Crippen molar-refractivity contribution in [3.8, 4) is 0 Å². The van der Waals surface area contributed by atoms with E-state index in [1.54, 1.807) is 24.3 Å². The third-order valence-corrected chi connectivity index (χ3v) is 2.58. The Bertz CT molecular complexity index is 580. The first kappa shape index (κ1) is 12.3. The fourth-order valence-corrected chi connectivity index (χ4v) is 1.51. The highest BCUT2D eigenvalue weighted by atomic mass is 35.5. The lowest BCUT2D eigenvalue weighted by Gasteiger charge is -1.96. The standard InChI is InChI=1S/C14H10ClN3/c1-16-13-6-8-14(9-7-13)18-17-10-11-2-4-12(15)5-3-11/h2-9H,10H2.